The highest BCUT2D eigenvalue weighted by Gasteiger charge is 2.13. The number of nitrogens with two attached hydrogens (primary N) is 1. The molecule has 3 N–H and O–H groups in total. The average molecular weight is 303 g/mol. The molecular formula is C17H19ClN2O. The van der Waals surface area contributed by atoms with Gasteiger partial charge in [0.2, 0.25) is 0 Å². The van der Waals surface area contributed by atoms with Gasteiger partial charge in [-0.05, 0) is 43.5 Å². The van der Waals surface area contributed by atoms with Crippen molar-refractivity contribution < 1.29 is 4.79 Å². The number of rotatable bonds is 5. The Morgan fingerprint density at radius 3 is 2.67 bits per heavy atom. The SMILES string of the molecule is CC(CCc1ccccc1)NC(=O)c1cc(Cl)ccc1N. The van der Waals surface area contributed by atoms with Gasteiger partial charge in [0.05, 0.1) is 5.56 Å². The molecule has 110 valence electrons. The molecule has 0 aromatic heterocycles. The fourth-order valence-electron chi connectivity index (χ4n) is 2.13. The molecule has 1 amide bonds. The smallest absolute Gasteiger partial charge is 0.253 e. The lowest BCUT2D eigenvalue weighted by atomic mass is 10.1. The van der Waals surface area contributed by atoms with Crippen LogP contribution >= 0.6 is 11.6 Å². The van der Waals surface area contributed by atoms with Crippen molar-refractivity contribution in [1.29, 1.82) is 0 Å². The fourth-order valence-corrected chi connectivity index (χ4v) is 2.30. The lowest BCUT2D eigenvalue weighted by molar-refractivity contribution is 0.0939. The molecule has 0 heterocycles. The zero-order valence-electron chi connectivity index (χ0n) is 12.0. The summed E-state index contributed by atoms with van der Waals surface area (Å²) in [5.74, 6) is -0.185. The van der Waals surface area contributed by atoms with E-state index in [2.05, 4.69) is 17.4 Å². The Bertz CT molecular complexity index is 613. The van der Waals surface area contributed by atoms with E-state index < -0.39 is 0 Å². The van der Waals surface area contributed by atoms with Crippen molar-refractivity contribution >= 4 is 23.2 Å². The zero-order valence-corrected chi connectivity index (χ0v) is 12.7. The molecule has 2 aromatic carbocycles. The number of hydrogen-bond acceptors (Lipinski definition) is 2. The lowest BCUT2D eigenvalue weighted by Gasteiger charge is -2.15. The van der Waals surface area contributed by atoms with E-state index in [-0.39, 0.29) is 11.9 Å². The quantitative estimate of drug-likeness (QED) is 0.828. The van der Waals surface area contributed by atoms with Gasteiger partial charge in [-0.1, -0.05) is 41.9 Å². The van der Waals surface area contributed by atoms with Gasteiger partial charge in [-0.25, -0.2) is 0 Å². The molecular weight excluding hydrogens is 284 g/mol. The van der Waals surface area contributed by atoms with E-state index in [1.165, 1.54) is 5.56 Å². The van der Waals surface area contributed by atoms with Crippen LogP contribution in [0, 0.1) is 0 Å². The van der Waals surface area contributed by atoms with Crippen molar-refractivity contribution in [1.82, 2.24) is 5.32 Å². The monoisotopic (exact) mass is 302 g/mol. The van der Waals surface area contributed by atoms with Crippen LogP contribution in [0.5, 0.6) is 0 Å². The van der Waals surface area contributed by atoms with Crippen LogP contribution in [0.2, 0.25) is 5.02 Å². The molecule has 0 fully saturated rings. The molecule has 0 spiro atoms. The van der Waals surface area contributed by atoms with E-state index in [0.717, 1.165) is 12.8 Å². The number of carbonyl (C=O) groups is 1. The van der Waals surface area contributed by atoms with Crippen LogP contribution in [0.25, 0.3) is 0 Å². The maximum atomic E-state index is 12.2. The van der Waals surface area contributed by atoms with Gasteiger partial charge >= 0.3 is 0 Å². The second-order valence-corrected chi connectivity index (χ2v) is 5.57. The molecule has 2 rings (SSSR count). The van der Waals surface area contributed by atoms with Crippen LogP contribution in [-0.2, 0) is 6.42 Å². The van der Waals surface area contributed by atoms with Crippen LogP contribution < -0.4 is 11.1 Å². The van der Waals surface area contributed by atoms with Crippen molar-refractivity contribution in [3.63, 3.8) is 0 Å². The molecule has 0 aliphatic heterocycles. The number of amides is 1. The molecule has 1 unspecified atom stereocenters. The summed E-state index contributed by atoms with van der Waals surface area (Å²) in [6.45, 7) is 1.99. The van der Waals surface area contributed by atoms with Gasteiger partial charge in [-0.2, -0.15) is 0 Å². The van der Waals surface area contributed by atoms with Gasteiger partial charge in [0.15, 0.2) is 0 Å². The molecule has 0 aliphatic rings. The van der Waals surface area contributed by atoms with E-state index in [1.807, 2.05) is 25.1 Å². The molecule has 3 nitrogen and oxygen atoms in total. The van der Waals surface area contributed by atoms with Gasteiger partial charge in [-0.15, -0.1) is 0 Å². The summed E-state index contributed by atoms with van der Waals surface area (Å²) in [6, 6.07) is 15.2. The first-order valence-electron chi connectivity index (χ1n) is 6.96. The molecule has 1 atom stereocenters. The zero-order chi connectivity index (χ0) is 15.2. The third-order valence-corrected chi connectivity index (χ3v) is 3.58. The number of aryl methyl sites for hydroxylation is 1. The van der Waals surface area contributed by atoms with Crippen LogP contribution in [-0.4, -0.2) is 11.9 Å². The third kappa shape index (κ3) is 4.50. The van der Waals surface area contributed by atoms with Crippen LogP contribution in [0.3, 0.4) is 0 Å². The normalized spacial score (nSPS) is 11.9. The van der Waals surface area contributed by atoms with Crippen molar-refractivity contribution in [3.8, 4) is 0 Å². The Labute approximate surface area is 130 Å². The summed E-state index contributed by atoms with van der Waals surface area (Å²) in [5.41, 5.74) is 7.94. The summed E-state index contributed by atoms with van der Waals surface area (Å²) in [4.78, 5) is 12.2. The Kier molecular flexibility index (Phi) is 5.23. The Morgan fingerprint density at radius 1 is 1.24 bits per heavy atom. The van der Waals surface area contributed by atoms with Crippen molar-refractivity contribution in [2.45, 2.75) is 25.8 Å². The Morgan fingerprint density at radius 2 is 1.95 bits per heavy atom. The van der Waals surface area contributed by atoms with E-state index in [1.54, 1.807) is 18.2 Å². The minimum absolute atomic E-state index is 0.0658. The highest BCUT2D eigenvalue weighted by molar-refractivity contribution is 6.31. The number of hydrogen-bond donors (Lipinski definition) is 2. The summed E-state index contributed by atoms with van der Waals surface area (Å²) < 4.78 is 0. The van der Waals surface area contributed by atoms with Crippen molar-refractivity contribution in [2.24, 2.45) is 0 Å². The lowest BCUT2D eigenvalue weighted by Crippen LogP contribution is -2.33. The van der Waals surface area contributed by atoms with Gasteiger partial charge in [0.1, 0.15) is 0 Å². The first-order valence-corrected chi connectivity index (χ1v) is 7.34. The fraction of sp³-hybridized carbons (Fsp3) is 0.235. The Balaban J connectivity index is 1.91. The van der Waals surface area contributed by atoms with Gasteiger partial charge in [-0.3, -0.25) is 4.79 Å². The highest BCUT2D eigenvalue weighted by atomic mass is 35.5. The number of halogens is 1. The van der Waals surface area contributed by atoms with Crippen LogP contribution in [0.4, 0.5) is 5.69 Å². The molecule has 0 radical (unpaired) electrons. The van der Waals surface area contributed by atoms with Crippen LogP contribution in [0.15, 0.2) is 48.5 Å². The summed E-state index contributed by atoms with van der Waals surface area (Å²) >= 11 is 5.90. The number of nitrogen functional groups attached to an aromatic ring is 1. The minimum atomic E-state index is -0.185. The summed E-state index contributed by atoms with van der Waals surface area (Å²) in [6.07, 6.45) is 1.80. The standard InChI is InChI=1S/C17H19ClN2O/c1-12(7-8-13-5-3-2-4-6-13)20-17(21)15-11-14(18)9-10-16(15)19/h2-6,9-12H,7-8,19H2,1H3,(H,20,21). The van der Waals surface area contributed by atoms with Gasteiger partial charge in [0, 0.05) is 16.8 Å². The Hall–Kier alpha value is -2.00. The van der Waals surface area contributed by atoms with Crippen molar-refractivity contribution in [2.75, 3.05) is 5.73 Å². The molecule has 0 aliphatic carbocycles. The largest absolute Gasteiger partial charge is 0.398 e. The van der Waals surface area contributed by atoms with E-state index in [0.29, 0.717) is 16.3 Å². The number of carbonyl (C=O) groups excluding carboxylic acids is 1. The first-order chi connectivity index (χ1) is 10.1. The number of nitrogens with one attached hydrogen (secondary N) is 1. The predicted octanol–water partition coefficient (Wildman–Crippen LogP) is 3.67. The second-order valence-electron chi connectivity index (χ2n) is 5.13. The minimum Gasteiger partial charge on any atom is -0.398 e. The average Bonchev–Trinajstić information content (AvgIpc) is 2.48. The molecule has 0 bridgehead atoms. The maximum absolute atomic E-state index is 12.2. The molecule has 0 saturated heterocycles. The summed E-state index contributed by atoms with van der Waals surface area (Å²) in [7, 11) is 0. The van der Waals surface area contributed by atoms with Gasteiger partial charge < -0.3 is 11.1 Å². The van der Waals surface area contributed by atoms with E-state index >= 15 is 0 Å². The predicted molar refractivity (Wildman–Crippen MR) is 87.6 cm³/mol. The molecule has 4 heteroatoms. The number of benzene rings is 2. The van der Waals surface area contributed by atoms with Crippen molar-refractivity contribution in [3.05, 3.63) is 64.7 Å². The maximum Gasteiger partial charge on any atom is 0.253 e. The summed E-state index contributed by atoms with van der Waals surface area (Å²) in [5, 5.41) is 3.46. The molecule has 2 aromatic rings. The third-order valence-electron chi connectivity index (χ3n) is 3.35. The first kappa shape index (κ1) is 15.4. The molecule has 21 heavy (non-hydrogen) atoms. The topological polar surface area (TPSA) is 55.1 Å². The molecule has 0 saturated carbocycles. The van der Waals surface area contributed by atoms with Crippen LogP contribution in [0.1, 0.15) is 29.3 Å². The highest BCUT2D eigenvalue weighted by Crippen LogP contribution is 2.18. The second kappa shape index (κ2) is 7.14. The van der Waals surface area contributed by atoms with E-state index in [4.69, 9.17) is 17.3 Å². The van der Waals surface area contributed by atoms with E-state index in [9.17, 15) is 4.79 Å². The number of anilines is 1. The van der Waals surface area contributed by atoms with Gasteiger partial charge in [0.25, 0.3) is 5.91 Å².